The van der Waals surface area contributed by atoms with E-state index in [1.54, 1.807) is 62.4 Å². The van der Waals surface area contributed by atoms with E-state index >= 15 is 0 Å². The molecule has 3 aromatic carbocycles. The fraction of sp³-hybridized carbons (Fsp3) is 0.235. The Morgan fingerprint density at radius 2 is 1.57 bits per heavy atom. The van der Waals surface area contributed by atoms with E-state index in [9.17, 15) is 37.1 Å². The summed E-state index contributed by atoms with van der Waals surface area (Å²) in [6, 6.07) is 18.3. The standard InChI is InChI=1S/C34H32F3N5O7/c1-20(2)49-32(46)23-13-14-24(25(38)16-23)30-39-17-27(41-33(47)48-19-22-11-7-4-8-12-22)31(45)42(30)18-28(43)40-26(29(44)34(35,36)37)15-21-9-5-3-6-10-21/h3-14,16-17,20,26H,15,18-19,38H2,1-2H3,(H,40,43)(H,41,47). The van der Waals surface area contributed by atoms with Crippen molar-refractivity contribution >= 4 is 35.1 Å². The number of halogens is 3. The van der Waals surface area contributed by atoms with Gasteiger partial charge in [-0.3, -0.25) is 24.3 Å². The molecule has 0 aliphatic heterocycles. The molecule has 256 valence electrons. The summed E-state index contributed by atoms with van der Waals surface area (Å²) in [6.07, 6.45) is -6.22. The first-order chi connectivity index (χ1) is 23.2. The van der Waals surface area contributed by atoms with Crippen LogP contribution in [-0.2, 0) is 38.6 Å². The monoisotopic (exact) mass is 679 g/mol. The smallest absolute Gasteiger partial charge is 0.452 e. The quantitative estimate of drug-likeness (QED) is 0.142. The van der Waals surface area contributed by atoms with Gasteiger partial charge in [-0.2, -0.15) is 13.2 Å². The Hall–Kier alpha value is -5.99. The molecule has 0 aliphatic rings. The number of esters is 1. The Labute approximate surface area is 278 Å². The summed E-state index contributed by atoms with van der Waals surface area (Å²) in [7, 11) is 0. The zero-order chi connectivity index (χ0) is 35.7. The fourth-order valence-corrected chi connectivity index (χ4v) is 4.62. The maximum absolute atomic E-state index is 13.7. The van der Waals surface area contributed by atoms with Gasteiger partial charge in [-0.25, -0.2) is 14.6 Å². The number of hydrogen-bond acceptors (Lipinski definition) is 9. The summed E-state index contributed by atoms with van der Waals surface area (Å²) in [6.45, 7) is 2.24. The van der Waals surface area contributed by atoms with Crippen molar-refractivity contribution in [1.82, 2.24) is 14.9 Å². The maximum Gasteiger partial charge on any atom is 0.452 e. The van der Waals surface area contributed by atoms with E-state index in [0.717, 1.165) is 10.8 Å². The number of nitrogens with one attached hydrogen (secondary N) is 2. The molecule has 1 atom stereocenters. The number of amides is 2. The molecule has 2 amide bonds. The molecule has 1 heterocycles. The number of nitrogens with zero attached hydrogens (tertiary/aromatic N) is 2. The van der Waals surface area contributed by atoms with Crippen molar-refractivity contribution in [2.45, 2.75) is 51.7 Å². The third kappa shape index (κ3) is 9.76. The number of ketones is 1. The minimum Gasteiger partial charge on any atom is -0.459 e. The van der Waals surface area contributed by atoms with Crippen molar-refractivity contribution in [1.29, 1.82) is 0 Å². The predicted molar refractivity (Wildman–Crippen MR) is 172 cm³/mol. The molecular weight excluding hydrogens is 647 g/mol. The van der Waals surface area contributed by atoms with E-state index in [1.165, 1.54) is 30.3 Å². The Balaban J connectivity index is 1.68. The van der Waals surface area contributed by atoms with E-state index in [2.05, 4.69) is 15.6 Å². The second kappa shape index (κ2) is 15.7. The van der Waals surface area contributed by atoms with Gasteiger partial charge in [-0.05, 0) is 43.2 Å². The van der Waals surface area contributed by atoms with Gasteiger partial charge in [-0.15, -0.1) is 0 Å². The number of hydrogen-bond donors (Lipinski definition) is 3. The summed E-state index contributed by atoms with van der Waals surface area (Å²) in [5.41, 5.74) is 5.87. The SMILES string of the molecule is CC(C)OC(=O)c1ccc(-c2ncc(NC(=O)OCc3ccccc3)c(=O)n2CC(=O)NC(Cc2ccccc2)C(=O)C(F)(F)F)c(N)c1. The maximum atomic E-state index is 13.7. The third-order valence-electron chi connectivity index (χ3n) is 6.88. The fourth-order valence-electron chi connectivity index (χ4n) is 4.62. The van der Waals surface area contributed by atoms with Gasteiger partial charge in [0, 0.05) is 17.7 Å². The summed E-state index contributed by atoms with van der Waals surface area (Å²) >= 11 is 0. The van der Waals surface area contributed by atoms with Gasteiger partial charge in [0.1, 0.15) is 30.7 Å². The van der Waals surface area contributed by atoms with Crippen LogP contribution in [-0.4, -0.2) is 51.6 Å². The number of nitrogens with two attached hydrogens (primary N) is 1. The van der Waals surface area contributed by atoms with Gasteiger partial charge in [0.15, 0.2) is 0 Å². The van der Waals surface area contributed by atoms with Crippen LogP contribution in [0, 0.1) is 0 Å². The predicted octanol–water partition coefficient (Wildman–Crippen LogP) is 4.67. The molecule has 4 aromatic rings. The molecule has 0 radical (unpaired) electrons. The average molecular weight is 680 g/mol. The number of benzene rings is 3. The minimum absolute atomic E-state index is 0.0588. The highest BCUT2D eigenvalue weighted by atomic mass is 19.4. The van der Waals surface area contributed by atoms with Crippen LogP contribution >= 0.6 is 0 Å². The first-order valence-corrected chi connectivity index (χ1v) is 14.9. The van der Waals surface area contributed by atoms with E-state index < -0.39 is 66.3 Å². The average Bonchev–Trinajstić information content (AvgIpc) is 3.05. The molecule has 49 heavy (non-hydrogen) atoms. The van der Waals surface area contributed by atoms with Crippen molar-refractivity contribution in [3.05, 3.63) is 112 Å². The molecule has 4 N–H and O–H groups in total. The van der Waals surface area contributed by atoms with Gasteiger partial charge in [-0.1, -0.05) is 60.7 Å². The highest BCUT2D eigenvalue weighted by Crippen LogP contribution is 2.26. The van der Waals surface area contributed by atoms with Crippen molar-refractivity contribution in [3.63, 3.8) is 0 Å². The van der Waals surface area contributed by atoms with Crippen LogP contribution in [0.4, 0.5) is 29.3 Å². The minimum atomic E-state index is -5.27. The molecule has 0 spiro atoms. The Morgan fingerprint density at radius 1 is 0.939 bits per heavy atom. The van der Waals surface area contributed by atoms with Crippen molar-refractivity contribution in [2.75, 3.05) is 11.1 Å². The lowest BCUT2D eigenvalue weighted by molar-refractivity contribution is -0.173. The molecule has 0 saturated carbocycles. The normalized spacial score (nSPS) is 11.8. The highest BCUT2D eigenvalue weighted by Gasteiger charge is 2.44. The number of carbonyl (C=O) groups is 4. The van der Waals surface area contributed by atoms with Gasteiger partial charge in [0.05, 0.1) is 17.9 Å². The molecule has 1 unspecified atom stereocenters. The van der Waals surface area contributed by atoms with E-state index in [1.807, 2.05) is 0 Å². The molecule has 1 aromatic heterocycles. The highest BCUT2D eigenvalue weighted by molar-refractivity contribution is 5.94. The number of anilines is 2. The van der Waals surface area contributed by atoms with E-state index in [0.29, 0.717) is 11.1 Å². The van der Waals surface area contributed by atoms with Crippen molar-refractivity contribution in [2.24, 2.45) is 0 Å². The first-order valence-electron chi connectivity index (χ1n) is 14.9. The Morgan fingerprint density at radius 3 is 2.16 bits per heavy atom. The Kier molecular flexibility index (Phi) is 11.5. The summed E-state index contributed by atoms with van der Waals surface area (Å²) in [5, 5.41) is 4.34. The molecular formula is C34H32F3N5O7. The van der Waals surface area contributed by atoms with Gasteiger partial charge in [0.25, 0.3) is 11.3 Å². The zero-order valence-electron chi connectivity index (χ0n) is 26.3. The number of aromatic nitrogens is 2. The van der Waals surface area contributed by atoms with Gasteiger partial charge in [0.2, 0.25) is 5.91 Å². The number of Topliss-reactive ketones (excluding diaryl/α,β-unsaturated/α-hetero) is 1. The molecule has 4 rings (SSSR count). The molecule has 12 nitrogen and oxygen atoms in total. The summed E-state index contributed by atoms with van der Waals surface area (Å²) < 4.78 is 51.6. The molecule has 0 bridgehead atoms. The Bertz CT molecular complexity index is 1880. The van der Waals surface area contributed by atoms with Gasteiger partial charge < -0.3 is 20.5 Å². The van der Waals surface area contributed by atoms with Crippen LogP contribution in [0.3, 0.4) is 0 Å². The van der Waals surface area contributed by atoms with Crippen molar-refractivity contribution < 1.29 is 41.8 Å². The molecule has 0 saturated heterocycles. The van der Waals surface area contributed by atoms with E-state index in [4.69, 9.17) is 15.2 Å². The molecule has 15 heteroatoms. The van der Waals surface area contributed by atoms with Crippen LogP contribution in [0.25, 0.3) is 11.4 Å². The van der Waals surface area contributed by atoms with Crippen LogP contribution in [0.1, 0.15) is 35.3 Å². The largest absolute Gasteiger partial charge is 0.459 e. The van der Waals surface area contributed by atoms with Gasteiger partial charge >= 0.3 is 18.2 Å². The van der Waals surface area contributed by atoms with E-state index in [-0.39, 0.29) is 29.2 Å². The lowest BCUT2D eigenvalue weighted by atomic mass is 10.0. The van der Waals surface area contributed by atoms with Crippen LogP contribution in [0.2, 0.25) is 0 Å². The topological polar surface area (TPSA) is 172 Å². The third-order valence-corrected chi connectivity index (χ3v) is 6.88. The number of alkyl halides is 3. The number of ether oxygens (including phenoxy) is 2. The number of nitrogen functional groups attached to an aromatic ring is 1. The second-order valence-corrected chi connectivity index (χ2v) is 11.0. The zero-order valence-corrected chi connectivity index (χ0v) is 26.3. The second-order valence-electron chi connectivity index (χ2n) is 11.0. The lowest BCUT2D eigenvalue weighted by Gasteiger charge is -2.20. The first kappa shape index (κ1) is 35.9. The number of rotatable bonds is 12. The molecule has 0 aliphatic carbocycles. The van der Waals surface area contributed by atoms with Crippen LogP contribution < -0.4 is 21.9 Å². The lowest BCUT2D eigenvalue weighted by Crippen LogP contribution is -2.49. The van der Waals surface area contributed by atoms with Crippen molar-refractivity contribution in [3.8, 4) is 11.4 Å². The van der Waals surface area contributed by atoms with Crippen LogP contribution in [0.15, 0.2) is 89.9 Å². The molecule has 0 fully saturated rings. The number of carbonyl (C=O) groups excluding carboxylic acids is 4. The van der Waals surface area contributed by atoms with Crippen LogP contribution in [0.5, 0.6) is 0 Å². The summed E-state index contributed by atoms with van der Waals surface area (Å²) in [5.74, 6) is -4.25. The summed E-state index contributed by atoms with van der Waals surface area (Å²) in [4.78, 5) is 68.5.